The molecule has 1 rings (SSSR count). The largest absolute Gasteiger partial charge is 0.488 e. The van der Waals surface area contributed by atoms with Crippen molar-refractivity contribution in [1.82, 2.24) is 0 Å². The second-order valence-corrected chi connectivity index (χ2v) is 3.53. The second-order valence-electron chi connectivity index (χ2n) is 3.53. The molecule has 1 unspecified atom stereocenters. The molecule has 0 amide bonds. The fraction of sp³-hybridized carbons (Fsp3) is 0.455. The van der Waals surface area contributed by atoms with Crippen molar-refractivity contribution >= 4 is 9.24 Å². The van der Waals surface area contributed by atoms with Crippen molar-refractivity contribution in [3.05, 3.63) is 30.3 Å². The lowest BCUT2D eigenvalue weighted by Gasteiger charge is -2.20. The molecule has 0 aliphatic carbocycles. The monoisotopic (exact) mass is 198 g/mol. The molecule has 1 nitrogen and oxygen atoms in total. The van der Waals surface area contributed by atoms with E-state index < -0.39 is 0 Å². The van der Waals surface area contributed by atoms with Crippen LogP contribution in [0.3, 0.4) is 0 Å². The average molecular weight is 198 g/mol. The summed E-state index contributed by atoms with van der Waals surface area (Å²) >= 11 is 0. The van der Waals surface area contributed by atoms with Crippen molar-refractivity contribution in [1.29, 1.82) is 0 Å². The Hall–Kier alpha value is -0.550. The Labute approximate surface area is 83.7 Å². The van der Waals surface area contributed by atoms with Crippen molar-refractivity contribution in [2.45, 2.75) is 26.4 Å². The zero-order chi connectivity index (χ0) is 10.3. The Morgan fingerprint density at radius 2 is 1.46 bits per heavy atom. The summed E-state index contributed by atoms with van der Waals surface area (Å²) in [4.78, 5) is 0. The summed E-state index contributed by atoms with van der Waals surface area (Å²) in [6.45, 7) is 8.04. The first-order valence-electron chi connectivity index (χ1n) is 4.40. The Morgan fingerprint density at radius 1 is 1.00 bits per heavy atom. The van der Waals surface area contributed by atoms with E-state index in [1.54, 1.807) is 0 Å². The van der Waals surface area contributed by atoms with Gasteiger partial charge >= 0.3 is 0 Å². The van der Waals surface area contributed by atoms with Gasteiger partial charge in [-0.1, -0.05) is 24.9 Å². The first-order chi connectivity index (χ1) is 6.08. The molecule has 0 aliphatic heterocycles. The molecular formula is C11H19OP. The Kier molecular flexibility index (Phi) is 5.73. The zero-order valence-electron chi connectivity index (χ0n) is 8.87. The van der Waals surface area contributed by atoms with Crippen LogP contribution in [0, 0.1) is 0 Å². The fourth-order valence-corrected chi connectivity index (χ4v) is 0.842. The van der Waals surface area contributed by atoms with Crippen LogP contribution >= 0.6 is 9.24 Å². The summed E-state index contributed by atoms with van der Waals surface area (Å²) < 4.78 is 5.60. The zero-order valence-corrected chi connectivity index (χ0v) is 10.0. The van der Waals surface area contributed by atoms with Gasteiger partial charge in [0, 0.05) is 0 Å². The molecule has 0 aliphatic rings. The summed E-state index contributed by atoms with van der Waals surface area (Å²) in [5.41, 5.74) is -0.0959. The van der Waals surface area contributed by atoms with Gasteiger partial charge in [-0.2, -0.15) is 0 Å². The standard InChI is InChI=1S/C10H14O.CH5P/c1-10(2,3)11-9-7-5-4-6-8-9;1-2/h4-8H,1-3H3;2H2,1H3. The van der Waals surface area contributed by atoms with Crippen molar-refractivity contribution in [2.24, 2.45) is 0 Å². The minimum Gasteiger partial charge on any atom is -0.488 e. The summed E-state index contributed by atoms with van der Waals surface area (Å²) in [5.74, 6) is 0.931. The van der Waals surface area contributed by atoms with Crippen LogP contribution in [-0.4, -0.2) is 12.3 Å². The van der Waals surface area contributed by atoms with Gasteiger partial charge in [-0.15, -0.1) is 9.24 Å². The fourth-order valence-electron chi connectivity index (χ4n) is 0.842. The van der Waals surface area contributed by atoms with E-state index in [9.17, 15) is 0 Å². The normalized spacial score (nSPS) is 9.92. The number of ether oxygens (including phenoxy) is 1. The SMILES string of the molecule is CC(C)(C)Oc1ccccc1.CP. The molecular weight excluding hydrogens is 179 g/mol. The molecule has 2 heteroatoms. The predicted molar refractivity (Wildman–Crippen MR) is 62.5 cm³/mol. The van der Waals surface area contributed by atoms with E-state index in [1.165, 1.54) is 0 Å². The third-order valence-electron chi connectivity index (χ3n) is 1.17. The molecule has 0 saturated heterocycles. The van der Waals surface area contributed by atoms with Crippen molar-refractivity contribution in [3.8, 4) is 5.75 Å². The summed E-state index contributed by atoms with van der Waals surface area (Å²) in [6, 6.07) is 9.86. The average Bonchev–Trinajstić information content (AvgIpc) is 2.07. The van der Waals surface area contributed by atoms with E-state index in [1.807, 2.05) is 57.8 Å². The van der Waals surface area contributed by atoms with E-state index >= 15 is 0 Å². The molecule has 0 saturated carbocycles. The molecule has 1 aromatic rings. The molecule has 0 heterocycles. The van der Waals surface area contributed by atoms with Gasteiger partial charge in [0.15, 0.2) is 0 Å². The van der Waals surface area contributed by atoms with Gasteiger partial charge in [0.2, 0.25) is 0 Å². The topological polar surface area (TPSA) is 9.23 Å². The molecule has 0 fully saturated rings. The van der Waals surface area contributed by atoms with Crippen LogP contribution in [0.25, 0.3) is 0 Å². The lowest BCUT2D eigenvalue weighted by atomic mass is 10.2. The smallest absolute Gasteiger partial charge is 0.120 e. The van der Waals surface area contributed by atoms with E-state index in [0.717, 1.165) is 5.75 Å². The summed E-state index contributed by atoms with van der Waals surface area (Å²) in [5, 5.41) is 0. The minimum atomic E-state index is -0.0959. The number of hydrogen-bond acceptors (Lipinski definition) is 1. The number of hydrogen-bond donors (Lipinski definition) is 0. The lowest BCUT2D eigenvalue weighted by Crippen LogP contribution is -2.22. The van der Waals surface area contributed by atoms with Gasteiger partial charge in [0.05, 0.1) is 0 Å². The highest BCUT2D eigenvalue weighted by molar-refractivity contribution is 7.15. The lowest BCUT2D eigenvalue weighted by molar-refractivity contribution is 0.131. The van der Waals surface area contributed by atoms with Gasteiger partial charge in [0.25, 0.3) is 0 Å². The minimum absolute atomic E-state index is 0.0959. The first kappa shape index (κ1) is 12.4. The number of rotatable bonds is 1. The van der Waals surface area contributed by atoms with Crippen LogP contribution in [0.1, 0.15) is 20.8 Å². The number of para-hydroxylation sites is 1. The van der Waals surface area contributed by atoms with Crippen LogP contribution in [0.5, 0.6) is 5.75 Å². The Morgan fingerprint density at radius 3 is 1.85 bits per heavy atom. The molecule has 74 valence electrons. The van der Waals surface area contributed by atoms with Crippen LogP contribution in [0.4, 0.5) is 0 Å². The molecule has 0 bridgehead atoms. The highest BCUT2D eigenvalue weighted by Gasteiger charge is 2.10. The van der Waals surface area contributed by atoms with Gasteiger partial charge in [-0.25, -0.2) is 0 Å². The molecule has 1 aromatic carbocycles. The van der Waals surface area contributed by atoms with Gasteiger partial charge < -0.3 is 4.74 Å². The van der Waals surface area contributed by atoms with E-state index in [2.05, 4.69) is 9.24 Å². The Bertz CT molecular complexity index is 213. The Balaban J connectivity index is 0.000000671. The number of benzene rings is 1. The van der Waals surface area contributed by atoms with Crippen LogP contribution < -0.4 is 4.74 Å². The molecule has 13 heavy (non-hydrogen) atoms. The van der Waals surface area contributed by atoms with Crippen LogP contribution in [0.2, 0.25) is 0 Å². The second kappa shape index (κ2) is 5.99. The third kappa shape index (κ3) is 6.60. The van der Waals surface area contributed by atoms with Gasteiger partial charge in [-0.05, 0) is 32.9 Å². The van der Waals surface area contributed by atoms with E-state index in [-0.39, 0.29) is 5.60 Å². The molecule has 0 radical (unpaired) electrons. The molecule has 1 atom stereocenters. The molecule has 0 N–H and O–H groups in total. The maximum absolute atomic E-state index is 5.60. The summed E-state index contributed by atoms with van der Waals surface area (Å²) in [7, 11) is 2.42. The van der Waals surface area contributed by atoms with Crippen molar-refractivity contribution in [3.63, 3.8) is 0 Å². The quantitative estimate of drug-likeness (QED) is 0.629. The third-order valence-corrected chi connectivity index (χ3v) is 1.17. The predicted octanol–water partition coefficient (Wildman–Crippen LogP) is 3.36. The van der Waals surface area contributed by atoms with Crippen molar-refractivity contribution in [2.75, 3.05) is 6.66 Å². The van der Waals surface area contributed by atoms with Gasteiger partial charge in [-0.3, -0.25) is 0 Å². The maximum atomic E-state index is 5.60. The van der Waals surface area contributed by atoms with E-state index in [0.29, 0.717) is 0 Å². The highest BCUT2D eigenvalue weighted by atomic mass is 31.0. The van der Waals surface area contributed by atoms with Gasteiger partial charge in [0.1, 0.15) is 11.4 Å². The van der Waals surface area contributed by atoms with Crippen LogP contribution in [0.15, 0.2) is 30.3 Å². The maximum Gasteiger partial charge on any atom is 0.120 e. The summed E-state index contributed by atoms with van der Waals surface area (Å²) in [6.07, 6.45) is 0. The highest BCUT2D eigenvalue weighted by Crippen LogP contribution is 2.16. The van der Waals surface area contributed by atoms with Crippen molar-refractivity contribution < 1.29 is 4.74 Å². The van der Waals surface area contributed by atoms with Crippen LogP contribution in [-0.2, 0) is 0 Å². The van der Waals surface area contributed by atoms with E-state index in [4.69, 9.17) is 4.74 Å². The first-order valence-corrected chi connectivity index (χ1v) is 5.55. The molecule has 0 spiro atoms. The molecule has 0 aromatic heterocycles.